The smallest absolute Gasteiger partial charge is 0.305 e. The highest BCUT2D eigenvalue weighted by atomic mass is 16.7. The molecular formula is C31H63NO5. The molecule has 0 radical (unpaired) electrons. The Balaban J connectivity index is 3.60. The number of carbonyl (C=O) groups is 1. The number of hydrogen-bond donors (Lipinski definition) is 1. The van der Waals surface area contributed by atoms with Crippen LogP contribution in [0.3, 0.4) is 0 Å². The van der Waals surface area contributed by atoms with E-state index in [0.29, 0.717) is 26.2 Å². The Bertz CT molecular complexity index is 457. The van der Waals surface area contributed by atoms with Crippen molar-refractivity contribution in [3.05, 3.63) is 0 Å². The normalized spacial score (nSPS) is 11.6. The van der Waals surface area contributed by atoms with Crippen molar-refractivity contribution < 1.29 is 24.1 Å². The van der Waals surface area contributed by atoms with Crippen molar-refractivity contribution in [1.29, 1.82) is 0 Å². The molecular weight excluding hydrogens is 466 g/mol. The summed E-state index contributed by atoms with van der Waals surface area (Å²) in [4.78, 5) is 14.3. The summed E-state index contributed by atoms with van der Waals surface area (Å²) in [6, 6.07) is 0. The van der Waals surface area contributed by atoms with Crippen LogP contribution in [-0.2, 0) is 19.0 Å². The Kier molecular flexibility index (Phi) is 29.3. The van der Waals surface area contributed by atoms with E-state index in [1.807, 2.05) is 13.8 Å². The summed E-state index contributed by atoms with van der Waals surface area (Å²) >= 11 is 0. The lowest BCUT2D eigenvalue weighted by Crippen LogP contribution is -2.29. The lowest BCUT2D eigenvalue weighted by Gasteiger charge is -2.21. The van der Waals surface area contributed by atoms with Crippen molar-refractivity contribution in [2.45, 2.75) is 149 Å². The third-order valence-electron chi connectivity index (χ3n) is 6.90. The summed E-state index contributed by atoms with van der Waals surface area (Å²) in [7, 11) is 0. The lowest BCUT2D eigenvalue weighted by molar-refractivity contribution is -0.144. The molecule has 0 fully saturated rings. The van der Waals surface area contributed by atoms with Crippen molar-refractivity contribution in [2.24, 2.45) is 0 Å². The molecule has 0 aliphatic rings. The Hall–Kier alpha value is -0.690. The van der Waals surface area contributed by atoms with Crippen molar-refractivity contribution >= 4 is 5.97 Å². The van der Waals surface area contributed by atoms with Gasteiger partial charge in [0.15, 0.2) is 6.29 Å². The van der Waals surface area contributed by atoms with E-state index in [2.05, 4.69) is 11.8 Å². The first-order valence-electron chi connectivity index (χ1n) is 15.9. The summed E-state index contributed by atoms with van der Waals surface area (Å²) in [5.74, 6) is -0.0245. The molecule has 0 aromatic carbocycles. The minimum atomic E-state index is -0.0383. The van der Waals surface area contributed by atoms with E-state index in [-0.39, 0.29) is 18.9 Å². The van der Waals surface area contributed by atoms with Crippen molar-refractivity contribution in [2.75, 3.05) is 46.1 Å². The molecule has 1 N–H and O–H groups in total. The van der Waals surface area contributed by atoms with Crippen LogP contribution in [0.15, 0.2) is 0 Å². The molecule has 0 aromatic heterocycles. The number of rotatable bonds is 30. The van der Waals surface area contributed by atoms with Crippen LogP contribution in [0.25, 0.3) is 0 Å². The number of hydrogen-bond acceptors (Lipinski definition) is 6. The van der Waals surface area contributed by atoms with Gasteiger partial charge in [0.25, 0.3) is 0 Å². The summed E-state index contributed by atoms with van der Waals surface area (Å²) in [5.41, 5.74) is 0. The highest BCUT2D eigenvalue weighted by Crippen LogP contribution is 2.12. The average molecular weight is 530 g/mol. The zero-order valence-electron chi connectivity index (χ0n) is 25.0. The average Bonchev–Trinajstić information content (AvgIpc) is 2.89. The highest BCUT2D eigenvalue weighted by Gasteiger charge is 2.08. The molecule has 0 unspecified atom stereocenters. The van der Waals surface area contributed by atoms with Crippen molar-refractivity contribution in [3.8, 4) is 0 Å². The van der Waals surface area contributed by atoms with Gasteiger partial charge in [0.1, 0.15) is 0 Å². The number of esters is 1. The van der Waals surface area contributed by atoms with E-state index in [4.69, 9.17) is 14.2 Å². The first-order chi connectivity index (χ1) is 18.2. The molecule has 0 atom stereocenters. The third kappa shape index (κ3) is 26.7. The zero-order chi connectivity index (χ0) is 27.2. The summed E-state index contributed by atoms with van der Waals surface area (Å²) in [6.45, 7) is 11.4. The molecule has 0 aliphatic carbocycles. The van der Waals surface area contributed by atoms with Gasteiger partial charge in [-0.15, -0.1) is 0 Å². The predicted octanol–water partition coefficient (Wildman–Crippen LogP) is 7.65. The Morgan fingerprint density at radius 3 is 1.73 bits per heavy atom. The molecule has 0 aliphatic heterocycles. The van der Waals surface area contributed by atoms with Gasteiger partial charge < -0.3 is 24.2 Å². The van der Waals surface area contributed by atoms with Crippen LogP contribution in [0.5, 0.6) is 0 Å². The van der Waals surface area contributed by atoms with Crippen LogP contribution in [0.2, 0.25) is 0 Å². The summed E-state index contributed by atoms with van der Waals surface area (Å²) in [5, 5.41) is 9.40. The van der Waals surface area contributed by atoms with Crippen LogP contribution in [-0.4, -0.2) is 68.3 Å². The monoisotopic (exact) mass is 529 g/mol. The standard InChI is InChI=1S/C31H63NO5/c1-4-7-8-9-10-17-22-29-37-30(34)23-18-13-11-15-20-25-32(27-28-33)26-21-16-12-14-19-24-31(35-5-2)36-6-3/h31,33H,4-29H2,1-3H3. The molecule has 0 amide bonds. The number of unbranched alkanes of at least 4 members (excludes halogenated alkanes) is 14. The van der Waals surface area contributed by atoms with E-state index < -0.39 is 0 Å². The fourth-order valence-corrected chi connectivity index (χ4v) is 4.69. The van der Waals surface area contributed by atoms with Gasteiger partial charge >= 0.3 is 5.97 Å². The molecule has 0 aromatic rings. The third-order valence-corrected chi connectivity index (χ3v) is 6.90. The molecule has 222 valence electrons. The quantitative estimate of drug-likeness (QED) is 0.0585. The van der Waals surface area contributed by atoms with E-state index >= 15 is 0 Å². The second kappa shape index (κ2) is 29.9. The highest BCUT2D eigenvalue weighted by molar-refractivity contribution is 5.69. The van der Waals surface area contributed by atoms with Crippen molar-refractivity contribution in [1.82, 2.24) is 4.90 Å². The van der Waals surface area contributed by atoms with Gasteiger partial charge in [-0.05, 0) is 65.5 Å². The minimum Gasteiger partial charge on any atom is -0.466 e. The van der Waals surface area contributed by atoms with E-state index in [0.717, 1.165) is 51.7 Å². The van der Waals surface area contributed by atoms with Gasteiger partial charge in [0, 0.05) is 26.2 Å². The molecule has 6 nitrogen and oxygen atoms in total. The minimum absolute atomic E-state index is 0.0245. The second-order valence-corrected chi connectivity index (χ2v) is 10.3. The van der Waals surface area contributed by atoms with Gasteiger partial charge in [-0.2, -0.15) is 0 Å². The molecule has 6 heteroatoms. The molecule has 37 heavy (non-hydrogen) atoms. The number of ether oxygens (including phenoxy) is 3. The van der Waals surface area contributed by atoms with Gasteiger partial charge in [0.2, 0.25) is 0 Å². The lowest BCUT2D eigenvalue weighted by atomic mass is 10.1. The van der Waals surface area contributed by atoms with Crippen LogP contribution < -0.4 is 0 Å². The molecule has 0 rings (SSSR count). The number of nitrogens with zero attached hydrogens (tertiary/aromatic N) is 1. The maximum absolute atomic E-state index is 11.9. The number of aliphatic hydroxyl groups is 1. The Morgan fingerprint density at radius 2 is 1.16 bits per heavy atom. The van der Waals surface area contributed by atoms with Crippen LogP contribution in [0.1, 0.15) is 143 Å². The maximum atomic E-state index is 11.9. The first-order valence-corrected chi connectivity index (χ1v) is 15.9. The van der Waals surface area contributed by atoms with E-state index in [9.17, 15) is 9.90 Å². The fourth-order valence-electron chi connectivity index (χ4n) is 4.69. The zero-order valence-corrected chi connectivity index (χ0v) is 25.0. The molecule has 0 bridgehead atoms. The topological polar surface area (TPSA) is 68.2 Å². The van der Waals surface area contributed by atoms with Crippen LogP contribution in [0.4, 0.5) is 0 Å². The largest absolute Gasteiger partial charge is 0.466 e. The van der Waals surface area contributed by atoms with Gasteiger partial charge in [0.05, 0.1) is 13.2 Å². The van der Waals surface area contributed by atoms with Gasteiger partial charge in [-0.3, -0.25) is 4.79 Å². The maximum Gasteiger partial charge on any atom is 0.305 e. The van der Waals surface area contributed by atoms with Gasteiger partial charge in [-0.1, -0.05) is 84.0 Å². The Labute approximate surface area is 230 Å². The SMILES string of the molecule is CCCCCCCCCOC(=O)CCCCCCCN(CCO)CCCCCCCC(OCC)OCC. The molecule has 0 heterocycles. The summed E-state index contributed by atoms with van der Waals surface area (Å²) in [6.07, 6.45) is 21.8. The van der Waals surface area contributed by atoms with E-state index in [1.54, 1.807) is 0 Å². The number of carbonyl (C=O) groups excluding carboxylic acids is 1. The molecule has 0 spiro atoms. The predicted molar refractivity (Wildman–Crippen MR) is 155 cm³/mol. The van der Waals surface area contributed by atoms with Gasteiger partial charge in [-0.25, -0.2) is 0 Å². The van der Waals surface area contributed by atoms with Crippen molar-refractivity contribution in [3.63, 3.8) is 0 Å². The first kappa shape index (κ1) is 36.3. The second-order valence-electron chi connectivity index (χ2n) is 10.3. The Morgan fingerprint density at radius 1 is 0.649 bits per heavy atom. The summed E-state index contributed by atoms with van der Waals surface area (Å²) < 4.78 is 16.6. The van der Waals surface area contributed by atoms with Crippen LogP contribution in [0, 0.1) is 0 Å². The molecule has 0 saturated carbocycles. The fraction of sp³-hybridized carbons (Fsp3) is 0.968. The molecule has 0 saturated heterocycles. The van der Waals surface area contributed by atoms with Crippen LogP contribution >= 0.6 is 0 Å². The number of aliphatic hydroxyl groups excluding tert-OH is 1. The van der Waals surface area contributed by atoms with E-state index in [1.165, 1.54) is 83.5 Å².